The van der Waals surface area contributed by atoms with Crippen molar-refractivity contribution in [1.29, 1.82) is 0 Å². The van der Waals surface area contributed by atoms with Crippen molar-refractivity contribution < 1.29 is 18.0 Å². The number of hydroxylamine groups is 1. The molecule has 0 amide bonds. The van der Waals surface area contributed by atoms with Crippen LogP contribution >= 0.6 is 0 Å². The molecule has 148 valence electrons. The number of anilines is 1. The van der Waals surface area contributed by atoms with Crippen LogP contribution in [-0.4, -0.2) is 55.4 Å². The second kappa shape index (κ2) is 8.21. The van der Waals surface area contributed by atoms with Crippen LogP contribution in [0.4, 0.5) is 10.1 Å². The van der Waals surface area contributed by atoms with E-state index in [1.807, 2.05) is 20.8 Å². The molecule has 0 saturated carbocycles. The lowest BCUT2D eigenvalue weighted by atomic mass is 9.81. The molecule has 0 spiro atoms. The molecule has 2 atom stereocenters. The first-order chi connectivity index (χ1) is 12.1. The number of halogens is 1. The van der Waals surface area contributed by atoms with Gasteiger partial charge in [0.25, 0.3) is 0 Å². The average molecular weight is 388 g/mol. The Hall–Kier alpha value is -1.22. The lowest BCUT2D eigenvalue weighted by molar-refractivity contribution is 0.0692. The van der Waals surface area contributed by atoms with E-state index in [1.165, 1.54) is 12.1 Å². The lowest BCUT2D eigenvalue weighted by Gasteiger charge is -2.38. The van der Waals surface area contributed by atoms with Crippen LogP contribution in [0.15, 0.2) is 24.3 Å². The molecule has 8 heteroatoms. The molecule has 0 aromatic heterocycles. The van der Waals surface area contributed by atoms with Crippen LogP contribution < -0.4 is 10.4 Å². The molecule has 2 rings (SSSR count). The van der Waals surface area contributed by atoms with Crippen LogP contribution in [0.2, 0.25) is 0 Å². The summed E-state index contributed by atoms with van der Waals surface area (Å²) in [6, 6.07) is 6.05. The summed E-state index contributed by atoms with van der Waals surface area (Å²) >= 11 is 0. The number of nitrogens with one attached hydrogen (secondary N) is 1. The lowest BCUT2D eigenvalue weighted by Crippen LogP contribution is -2.51. The summed E-state index contributed by atoms with van der Waals surface area (Å²) in [6.45, 7) is 9.44. The molecular formula is C18H30FN3O3S. The quantitative estimate of drug-likeness (QED) is 0.703. The summed E-state index contributed by atoms with van der Waals surface area (Å²) in [6.07, 6.45) is 0.447. The van der Waals surface area contributed by atoms with Gasteiger partial charge in [0, 0.05) is 37.9 Å². The van der Waals surface area contributed by atoms with Crippen LogP contribution in [-0.2, 0) is 10.0 Å². The summed E-state index contributed by atoms with van der Waals surface area (Å²) in [7, 11) is -3.41. The minimum absolute atomic E-state index is 0.213. The summed E-state index contributed by atoms with van der Waals surface area (Å²) in [5.41, 5.74) is 2.77. The second-order valence-electron chi connectivity index (χ2n) is 7.76. The Morgan fingerprint density at radius 1 is 1.15 bits per heavy atom. The van der Waals surface area contributed by atoms with Crippen LogP contribution in [0, 0.1) is 11.2 Å². The van der Waals surface area contributed by atoms with Gasteiger partial charge in [-0.05, 0) is 49.9 Å². The van der Waals surface area contributed by atoms with Crippen molar-refractivity contribution in [2.24, 2.45) is 5.41 Å². The Morgan fingerprint density at radius 2 is 1.69 bits per heavy atom. The molecule has 0 aliphatic carbocycles. The standard InChI is InChI=1S/C18H30FN3O3S/c1-14(13-18(3,4)15(2)20-23)26(24,25)22-11-9-21(10-12-22)17-7-5-16(19)6-8-17/h5-8,14-15,20,23H,9-13H2,1-4H3. The van der Waals surface area contributed by atoms with E-state index in [0.29, 0.717) is 32.6 Å². The number of sulfonamides is 1. The van der Waals surface area contributed by atoms with Crippen molar-refractivity contribution in [1.82, 2.24) is 9.79 Å². The van der Waals surface area contributed by atoms with Gasteiger partial charge < -0.3 is 10.1 Å². The molecule has 1 aliphatic heterocycles. The fourth-order valence-corrected chi connectivity index (χ4v) is 5.13. The highest BCUT2D eigenvalue weighted by molar-refractivity contribution is 7.89. The molecule has 1 aromatic carbocycles. The third-order valence-corrected chi connectivity index (χ3v) is 7.75. The van der Waals surface area contributed by atoms with E-state index >= 15 is 0 Å². The maximum Gasteiger partial charge on any atom is 0.216 e. The molecular weight excluding hydrogens is 357 g/mol. The fourth-order valence-electron chi connectivity index (χ4n) is 3.30. The van der Waals surface area contributed by atoms with E-state index < -0.39 is 15.3 Å². The highest BCUT2D eigenvalue weighted by Crippen LogP contribution is 2.30. The summed E-state index contributed by atoms with van der Waals surface area (Å²) in [4.78, 5) is 2.07. The monoisotopic (exact) mass is 387 g/mol. The van der Waals surface area contributed by atoms with Crippen LogP contribution in [0.5, 0.6) is 0 Å². The normalized spacial score (nSPS) is 19.4. The highest BCUT2D eigenvalue weighted by atomic mass is 32.2. The maximum atomic E-state index is 13.1. The molecule has 1 aliphatic rings. The number of hydrogen-bond acceptors (Lipinski definition) is 5. The minimum Gasteiger partial charge on any atom is -0.369 e. The van der Waals surface area contributed by atoms with Crippen molar-refractivity contribution in [2.75, 3.05) is 31.1 Å². The van der Waals surface area contributed by atoms with E-state index in [0.717, 1.165) is 5.69 Å². The molecule has 6 nitrogen and oxygen atoms in total. The Morgan fingerprint density at radius 3 is 2.19 bits per heavy atom. The van der Waals surface area contributed by atoms with Gasteiger partial charge in [-0.15, -0.1) is 0 Å². The third kappa shape index (κ3) is 4.73. The zero-order valence-electron chi connectivity index (χ0n) is 15.9. The van der Waals surface area contributed by atoms with Crippen LogP contribution in [0.25, 0.3) is 0 Å². The molecule has 26 heavy (non-hydrogen) atoms. The van der Waals surface area contributed by atoms with Crippen LogP contribution in [0.3, 0.4) is 0 Å². The van der Waals surface area contributed by atoms with Crippen molar-refractivity contribution >= 4 is 15.7 Å². The van der Waals surface area contributed by atoms with Gasteiger partial charge in [0.15, 0.2) is 0 Å². The summed E-state index contributed by atoms with van der Waals surface area (Å²) in [5.74, 6) is -0.280. The van der Waals surface area contributed by atoms with Gasteiger partial charge in [0.2, 0.25) is 10.0 Å². The Balaban J connectivity index is 1.99. The van der Waals surface area contributed by atoms with E-state index in [-0.39, 0.29) is 17.3 Å². The number of nitrogens with zero attached hydrogens (tertiary/aromatic N) is 2. The number of rotatable bonds is 7. The van der Waals surface area contributed by atoms with Crippen molar-refractivity contribution in [3.8, 4) is 0 Å². The maximum absolute atomic E-state index is 13.1. The van der Waals surface area contributed by atoms with Gasteiger partial charge in [-0.1, -0.05) is 13.8 Å². The van der Waals surface area contributed by atoms with Gasteiger partial charge in [-0.25, -0.2) is 18.3 Å². The first-order valence-corrected chi connectivity index (χ1v) is 10.5. The topological polar surface area (TPSA) is 72.9 Å². The van der Waals surface area contributed by atoms with Gasteiger partial charge in [0.1, 0.15) is 5.82 Å². The molecule has 1 aromatic rings. The first-order valence-electron chi connectivity index (χ1n) is 8.97. The molecule has 1 saturated heterocycles. The van der Waals surface area contributed by atoms with Gasteiger partial charge >= 0.3 is 0 Å². The van der Waals surface area contributed by atoms with Crippen molar-refractivity contribution in [3.63, 3.8) is 0 Å². The number of piperazine rings is 1. The summed E-state index contributed by atoms with van der Waals surface area (Å²) in [5, 5.41) is 8.61. The van der Waals surface area contributed by atoms with Crippen molar-refractivity contribution in [3.05, 3.63) is 30.1 Å². The molecule has 0 bridgehead atoms. The second-order valence-corrected chi connectivity index (χ2v) is 10.1. The van der Waals surface area contributed by atoms with Crippen LogP contribution in [0.1, 0.15) is 34.1 Å². The smallest absolute Gasteiger partial charge is 0.216 e. The zero-order chi connectivity index (χ0) is 19.5. The fraction of sp³-hybridized carbons (Fsp3) is 0.667. The van der Waals surface area contributed by atoms with E-state index in [4.69, 9.17) is 5.21 Å². The molecule has 2 N–H and O–H groups in total. The molecule has 0 radical (unpaired) electrons. The largest absolute Gasteiger partial charge is 0.369 e. The van der Waals surface area contributed by atoms with E-state index in [2.05, 4.69) is 10.4 Å². The Labute approximate surface area is 156 Å². The van der Waals surface area contributed by atoms with E-state index in [1.54, 1.807) is 23.4 Å². The molecule has 2 unspecified atom stereocenters. The summed E-state index contributed by atoms with van der Waals surface area (Å²) < 4.78 is 40.5. The average Bonchev–Trinajstić information content (AvgIpc) is 2.61. The predicted octanol–water partition coefficient (Wildman–Crippen LogP) is 2.45. The van der Waals surface area contributed by atoms with Gasteiger partial charge in [-0.2, -0.15) is 4.31 Å². The minimum atomic E-state index is -3.41. The Bertz CT molecular complexity index is 686. The predicted molar refractivity (Wildman–Crippen MR) is 101 cm³/mol. The highest BCUT2D eigenvalue weighted by Gasteiger charge is 2.37. The Kier molecular flexibility index (Phi) is 6.65. The van der Waals surface area contributed by atoms with E-state index in [9.17, 15) is 12.8 Å². The zero-order valence-corrected chi connectivity index (χ0v) is 16.8. The first kappa shape index (κ1) is 21.1. The third-order valence-electron chi connectivity index (χ3n) is 5.48. The van der Waals surface area contributed by atoms with Gasteiger partial charge in [-0.3, -0.25) is 0 Å². The van der Waals surface area contributed by atoms with Gasteiger partial charge in [0.05, 0.1) is 5.25 Å². The molecule has 1 fully saturated rings. The SMILES string of the molecule is CC(NO)C(C)(C)CC(C)S(=O)(=O)N1CCN(c2ccc(F)cc2)CC1. The molecule has 1 heterocycles. The number of hydrogen-bond donors (Lipinski definition) is 2. The number of benzene rings is 1. The van der Waals surface area contributed by atoms with Crippen molar-refractivity contribution in [2.45, 2.75) is 45.4 Å².